The van der Waals surface area contributed by atoms with E-state index >= 15 is 0 Å². The first-order valence-electron chi connectivity index (χ1n) is 15.5. The molecule has 1 N–H and O–H groups in total. The third kappa shape index (κ3) is 7.43. The first kappa shape index (κ1) is 30.9. The quantitative estimate of drug-likeness (QED) is 0.414. The fourth-order valence-electron chi connectivity index (χ4n) is 7.99. The minimum absolute atomic E-state index is 0.0134. The Bertz CT molecular complexity index is 1040. The van der Waals surface area contributed by atoms with Crippen LogP contribution in [0.1, 0.15) is 104 Å². The summed E-state index contributed by atoms with van der Waals surface area (Å²) in [6.07, 6.45) is 8.66. The smallest absolute Gasteiger partial charge is 0.227 e. The topological polar surface area (TPSA) is 52.7 Å². The molecule has 3 atom stereocenters. The minimum Gasteiger partial charge on any atom is -0.351 e. The lowest BCUT2D eigenvalue weighted by Gasteiger charge is -2.47. The molecule has 3 fully saturated rings. The van der Waals surface area contributed by atoms with Gasteiger partial charge in [0.05, 0.1) is 5.92 Å². The largest absolute Gasteiger partial charge is 0.351 e. The number of likely N-dealkylation sites (tertiary alicyclic amines) is 2. The monoisotopic (exact) mass is 559 g/mol. The van der Waals surface area contributed by atoms with Gasteiger partial charge in [0.15, 0.2) is 0 Å². The van der Waals surface area contributed by atoms with E-state index in [-0.39, 0.29) is 34.7 Å². The maximum absolute atomic E-state index is 14.9. The van der Waals surface area contributed by atoms with Crippen molar-refractivity contribution in [2.24, 2.45) is 23.7 Å². The van der Waals surface area contributed by atoms with Crippen molar-refractivity contribution in [3.05, 3.63) is 35.4 Å². The van der Waals surface area contributed by atoms with Crippen LogP contribution < -0.4 is 5.32 Å². The van der Waals surface area contributed by atoms with Crippen molar-refractivity contribution < 1.29 is 18.4 Å². The number of nitrogens with one attached hydrogen (secondary N) is 1. The van der Waals surface area contributed by atoms with Gasteiger partial charge in [-0.05, 0) is 96.2 Å². The fraction of sp³-hybridized carbons (Fsp3) is 0.758. The lowest BCUT2D eigenvalue weighted by Crippen LogP contribution is -2.54. The molecule has 1 aliphatic carbocycles. The van der Waals surface area contributed by atoms with E-state index in [2.05, 4.69) is 44.8 Å². The third-order valence-electron chi connectivity index (χ3n) is 9.96. The van der Waals surface area contributed by atoms with E-state index in [0.29, 0.717) is 36.3 Å². The van der Waals surface area contributed by atoms with Crippen molar-refractivity contribution in [2.45, 2.75) is 110 Å². The van der Waals surface area contributed by atoms with Crippen LogP contribution in [-0.4, -0.2) is 58.9 Å². The summed E-state index contributed by atoms with van der Waals surface area (Å²) >= 11 is 0. The van der Waals surface area contributed by atoms with Crippen molar-refractivity contribution in [1.29, 1.82) is 0 Å². The number of hydrogen-bond acceptors (Lipinski definition) is 3. The van der Waals surface area contributed by atoms with Gasteiger partial charge >= 0.3 is 0 Å². The second-order valence-electron chi connectivity index (χ2n) is 14.4. The van der Waals surface area contributed by atoms with Crippen LogP contribution in [0.3, 0.4) is 0 Å². The van der Waals surface area contributed by atoms with Gasteiger partial charge < -0.3 is 10.2 Å². The second-order valence-corrected chi connectivity index (χ2v) is 14.4. The molecule has 0 bridgehead atoms. The molecule has 0 radical (unpaired) electrons. The Labute approximate surface area is 240 Å². The molecule has 7 heteroatoms. The predicted molar refractivity (Wildman–Crippen MR) is 156 cm³/mol. The number of nitrogens with zero attached hydrogens (tertiary/aromatic N) is 2. The van der Waals surface area contributed by atoms with E-state index in [1.54, 1.807) is 6.92 Å². The van der Waals surface area contributed by atoms with E-state index in [0.717, 1.165) is 45.0 Å². The zero-order valence-electron chi connectivity index (χ0n) is 25.6. The Kier molecular flexibility index (Phi) is 9.64. The van der Waals surface area contributed by atoms with Gasteiger partial charge in [-0.1, -0.05) is 31.7 Å². The number of benzene rings is 1. The van der Waals surface area contributed by atoms with E-state index in [1.165, 1.54) is 37.8 Å². The summed E-state index contributed by atoms with van der Waals surface area (Å²) < 4.78 is 28.7. The summed E-state index contributed by atoms with van der Waals surface area (Å²) in [6, 6.07) is 3.80. The highest BCUT2D eigenvalue weighted by atomic mass is 19.1. The molecule has 224 valence electrons. The normalized spacial score (nSPS) is 24.8. The first-order valence-corrected chi connectivity index (χ1v) is 15.5. The summed E-state index contributed by atoms with van der Waals surface area (Å²) in [6.45, 7) is 15.1. The summed E-state index contributed by atoms with van der Waals surface area (Å²) in [5.41, 5.74) is 0.119. The molecule has 3 aliphatic rings. The van der Waals surface area contributed by atoms with E-state index < -0.39 is 11.6 Å². The average Bonchev–Trinajstić information content (AvgIpc) is 3.40. The van der Waals surface area contributed by atoms with Crippen molar-refractivity contribution >= 4 is 11.8 Å². The molecule has 5 nitrogen and oxygen atoms in total. The number of amides is 2. The SMILES string of the molecule is CC(=O)NC(C)(C)CC(C1CCCC1)C1CCN(C(=O)[C@H]2CN(C(C)(C)C)CC[C@@H]2c2ccc(F)cc2F)CC1. The molecule has 0 spiro atoms. The van der Waals surface area contributed by atoms with E-state index in [9.17, 15) is 18.4 Å². The molecular weight excluding hydrogens is 508 g/mol. The Hall–Kier alpha value is -2.02. The van der Waals surface area contributed by atoms with Crippen LogP contribution in [-0.2, 0) is 9.59 Å². The molecule has 0 aromatic heterocycles. The molecule has 1 aromatic carbocycles. The van der Waals surface area contributed by atoms with Gasteiger partial charge in [0.1, 0.15) is 11.6 Å². The lowest BCUT2D eigenvalue weighted by molar-refractivity contribution is -0.141. The van der Waals surface area contributed by atoms with E-state index in [1.807, 2.05) is 4.90 Å². The summed E-state index contributed by atoms with van der Waals surface area (Å²) in [7, 11) is 0. The lowest BCUT2D eigenvalue weighted by atomic mass is 9.70. The second kappa shape index (κ2) is 12.5. The Morgan fingerprint density at radius 2 is 1.57 bits per heavy atom. The van der Waals surface area contributed by atoms with Crippen LogP contribution >= 0.6 is 0 Å². The van der Waals surface area contributed by atoms with Gasteiger partial charge in [0.2, 0.25) is 11.8 Å². The van der Waals surface area contributed by atoms with Crippen LogP contribution in [0.15, 0.2) is 18.2 Å². The highest BCUT2D eigenvalue weighted by molar-refractivity contribution is 5.80. The first-order chi connectivity index (χ1) is 18.7. The average molecular weight is 560 g/mol. The number of carbonyl (C=O) groups is 2. The van der Waals surface area contributed by atoms with Crippen molar-refractivity contribution in [1.82, 2.24) is 15.1 Å². The number of carbonyl (C=O) groups excluding carboxylic acids is 2. The van der Waals surface area contributed by atoms with Crippen molar-refractivity contribution in [3.63, 3.8) is 0 Å². The van der Waals surface area contributed by atoms with E-state index in [4.69, 9.17) is 0 Å². The minimum atomic E-state index is -0.586. The maximum Gasteiger partial charge on any atom is 0.227 e. The number of hydrogen-bond donors (Lipinski definition) is 1. The zero-order chi connectivity index (χ0) is 29.2. The van der Waals surface area contributed by atoms with Crippen LogP contribution in [0.25, 0.3) is 0 Å². The third-order valence-corrected chi connectivity index (χ3v) is 9.96. The van der Waals surface area contributed by atoms with Crippen molar-refractivity contribution in [3.8, 4) is 0 Å². The molecule has 1 saturated carbocycles. The highest BCUT2D eigenvalue weighted by Gasteiger charge is 2.43. The van der Waals surface area contributed by atoms with Crippen LogP contribution in [0.4, 0.5) is 8.78 Å². The van der Waals surface area contributed by atoms with Gasteiger partial charge in [-0.2, -0.15) is 0 Å². The van der Waals surface area contributed by atoms with Crippen LogP contribution in [0, 0.1) is 35.3 Å². The van der Waals surface area contributed by atoms with Crippen LogP contribution in [0.5, 0.6) is 0 Å². The molecular formula is C33H51F2N3O2. The standard InChI is InChI=1S/C33H51F2N3O2/c1-22(39)36-33(5,6)20-28(23-9-7-8-10-23)24-13-16-37(17-14-24)31(40)29-21-38(32(2,3)4)18-15-26(29)27-12-11-25(34)19-30(27)35/h11-12,19,23-24,26,28-29H,7-10,13-18,20-21H2,1-6H3,(H,36,39)/t26-,28?,29+/m1/s1. The molecule has 4 rings (SSSR count). The Morgan fingerprint density at radius 1 is 0.950 bits per heavy atom. The summed E-state index contributed by atoms with van der Waals surface area (Å²) in [4.78, 5) is 30.3. The zero-order valence-corrected chi connectivity index (χ0v) is 25.6. The predicted octanol–water partition coefficient (Wildman–Crippen LogP) is 6.52. The van der Waals surface area contributed by atoms with Gasteiger partial charge in [0, 0.05) is 49.6 Å². The van der Waals surface area contributed by atoms with Gasteiger partial charge in [-0.15, -0.1) is 0 Å². The van der Waals surface area contributed by atoms with Crippen LogP contribution in [0.2, 0.25) is 0 Å². The number of rotatable bonds is 7. The number of halogens is 2. The molecule has 40 heavy (non-hydrogen) atoms. The Morgan fingerprint density at radius 3 is 2.15 bits per heavy atom. The molecule has 2 saturated heterocycles. The Balaban J connectivity index is 1.49. The van der Waals surface area contributed by atoms with Gasteiger partial charge in [0.25, 0.3) is 0 Å². The highest BCUT2D eigenvalue weighted by Crippen LogP contribution is 2.44. The maximum atomic E-state index is 14.9. The molecule has 1 aromatic rings. The fourth-order valence-corrected chi connectivity index (χ4v) is 7.99. The molecule has 2 amide bonds. The molecule has 2 heterocycles. The summed E-state index contributed by atoms with van der Waals surface area (Å²) in [5.74, 6) is 0.129. The molecule has 2 aliphatic heterocycles. The number of piperidine rings is 2. The summed E-state index contributed by atoms with van der Waals surface area (Å²) in [5, 5.41) is 3.16. The molecule has 1 unspecified atom stereocenters. The van der Waals surface area contributed by atoms with Gasteiger partial charge in [-0.25, -0.2) is 8.78 Å². The van der Waals surface area contributed by atoms with Crippen molar-refractivity contribution in [2.75, 3.05) is 26.2 Å². The van der Waals surface area contributed by atoms with Gasteiger partial charge in [-0.3, -0.25) is 14.5 Å².